The third-order valence-electron chi connectivity index (χ3n) is 4.46. The highest BCUT2D eigenvalue weighted by Crippen LogP contribution is 2.19. The van der Waals surface area contributed by atoms with Crippen molar-refractivity contribution in [3.05, 3.63) is 5.82 Å². The molecule has 1 aromatic rings. The fourth-order valence-electron chi connectivity index (χ4n) is 2.56. The van der Waals surface area contributed by atoms with Gasteiger partial charge in [0.15, 0.2) is 5.96 Å². The molecule has 7 nitrogen and oxygen atoms in total. The van der Waals surface area contributed by atoms with Gasteiger partial charge in [-0.2, -0.15) is 4.37 Å². The fourth-order valence-corrected chi connectivity index (χ4v) is 3.36. The molecule has 0 saturated carbocycles. The third kappa shape index (κ3) is 5.04. The Hall–Kier alpha value is -1.41. The lowest BCUT2D eigenvalue weighted by Gasteiger charge is -2.36. The number of rotatable bonds is 6. The van der Waals surface area contributed by atoms with Crippen molar-refractivity contribution in [2.75, 3.05) is 58.3 Å². The number of piperazine rings is 1. The molecular weight excluding hydrogens is 322 g/mol. The van der Waals surface area contributed by atoms with Crippen LogP contribution in [0.4, 0.5) is 5.13 Å². The average molecular weight is 354 g/mol. The van der Waals surface area contributed by atoms with Gasteiger partial charge in [0, 0.05) is 70.3 Å². The quantitative estimate of drug-likeness (QED) is 0.611. The number of aromatic nitrogens is 2. The van der Waals surface area contributed by atoms with Crippen molar-refractivity contribution >= 4 is 22.6 Å². The predicted molar refractivity (Wildman–Crippen MR) is 102 cm³/mol. The summed E-state index contributed by atoms with van der Waals surface area (Å²) in [6, 6.07) is 0.567. The summed E-state index contributed by atoms with van der Waals surface area (Å²) in [5.41, 5.74) is 0. The topological polar surface area (TPSA) is 59.9 Å². The molecule has 2 heterocycles. The van der Waals surface area contributed by atoms with Crippen molar-refractivity contribution in [3.8, 4) is 0 Å². The third-order valence-corrected chi connectivity index (χ3v) is 5.28. The summed E-state index contributed by atoms with van der Waals surface area (Å²) in [6.07, 6.45) is 0.901. The minimum absolute atomic E-state index is 0.567. The van der Waals surface area contributed by atoms with Gasteiger partial charge < -0.3 is 20.0 Å². The molecule has 0 radical (unpaired) electrons. The molecule has 1 fully saturated rings. The summed E-state index contributed by atoms with van der Waals surface area (Å²) < 4.78 is 4.39. The Labute approximate surface area is 149 Å². The zero-order valence-corrected chi connectivity index (χ0v) is 16.4. The first kappa shape index (κ1) is 18.9. The number of aryl methyl sites for hydroxylation is 1. The molecule has 0 atom stereocenters. The van der Waals surface area contributed by atoms with Gasteiger partial charge in [-0.25, -0.2) is 4.98 Å². The first-order valence-corrected chi connectivity index (χ1v) is 9.55. The Kier molecular flexibility index (Phi) is 7.23. The SMILES string of the molecule is CCc1nsc(N2CCN(C(=NC)NCCN(C)C(C)C)CC2)n1. The van der Waals surface area contributed by atoms with Gasteiger partial charge in [0.05, 0.1) is 0 Å². The molecule has 2 rings (SSSR count). The second kappa shape index (κ2) is 9.17. The highest BCUT2D eigenvalue weighted by Gasteiger charge is 2.21. The van der Waals surface area contributed by atoms with Crippen LogP contribution >= 0.6 is 11.5 Å². The van der Waals surface area contributed by atoms with Crippen LogP contribution in [-0.4, -0.2) is 84.5 Å². The standard InChI is InChI=1S/C16H31N7S/c1-6-14-19-16(24-20-14)23-11-9-22(10-12-23)15(17-4)18-7-8-21(5)13(2)3/h13H,6-12H2,1-5H3,(H,17,18). The number of nitrogens with one attached hydrogen (secondary N) is 1. The lowest BCUT2D eigenvalue weighted by atomic mass is 10.3. The molecule has 0 aromatic carbocycles. The van der Waals surface area contributed by atoms with Crippen molar-refractivity contribution < 1.29 is 0 Å². The first-order valence-electron chi connectivity index (χ1n) is 8.78. The first-order chi connectivity index (χ1) is 11.5. The Morgan fingerprint density at radius 3 is 2.58 bits per heavy atom. The van der Waals surface area contributed by atoms with Gasteiger partial charge in [0.2, 0.25) is 5.13 Å². The van der Waals surface area contributed by atoms with Crippen molar-refractivity contribution in [3.63, 3.8) is 0 Å². The number of anilines is 1. The van der Waals surface area contributed by atoms with Crippen LogP contribution in [0.2, 0.25) is 0 Å². The maximum Gasteiger partial charge on any atom is 0.205 e. The molecule has 1 aliphatic rings. The summed E-state index contributed by atoms with van der Waals surface area (Å²) in [5, 5.41) is 4.53. The zero-order chi connectivity index (χ0) is 17.5. The maximum absolute atomic E-state index is 4.59. The molecule has 1 N–H and O–H groups in total. The van der Waals surface area contributed by atoms with E-state index in [2.05, 4.69) is 62.2 Å². The average Bonchev–Trinajstić information content (AvgIpc) is 3.08. The van der Waals surface area contributed by atoms with Gasteiger partial charge in [0.1, 0.15) is 5.82 Å². The minimum Gasteiger partial charge on any atom is -0.355 e. The van der Waals surface area contributed by atoms with Crippen LogP contribution < -0.4 is 10.2 Å². The molecular formula is C16H31N7S. The van der Waals surface area contributed by atoms with Crippen LogP contribution in [0.5, 0.6) is 0 Å². The van der Waals surface area contributed by atoms with Crippen LogP contribution in [0.1, 0.15) is 26.6 Å². The predicted octanol–water partition coefficient (Wildman–Crippen LogP) is 1.14. The highest BCUT2D eigenvalue weighted by atomic mass is 32.1. The van der Waals surface area contributed by atoms with Gasteiger partial charge in [-0.3, -0.25) is 4.99 Å². The number of hydrogen-bond acceptors (Lipinski definition) is 6. The Morgan fingerprint density at radius 2 is 2.04 bits per heavy atom. The van der Waals surface area contributed by atoms with Crippen molar-refractivity contribution in [1.82, 2.24) is 24.5 Å². The van der Waals surface area contributed by atoms with E-state index in [9.17, 15) is 0 Å². The van der Waals surface area contributed by atoms with Gasteiger partial charge in [-0.05, 0) is 20.9 Å². The zero-order valence-electron chi connectivity index (χ0n) is 15.6. The molecule has 1 aromatic heterocycles. The summed E-state index contributed by atoms with van der Waals surface area (Å²) in [7, 11) is 4.01. The monoisotopic (exact) mass is 353 g/mol. The molecule has 136 valence electrons. The van der Waals surface area contributed by atoms with E-state index in [4.69, 9.17) is 0 Å². The summed E-state index contributed by atoms with van der Waals surface area (Å²) in [5.74, 6) is 1.95. The van der Waals surface area contributed by atoms with Gasteiger partial charge in [-0.1, -0.05) is 6.92 Å². The van der Waals surface area contributed by atoms with Gasteiger partial charge >= 0.3 is 0 Å². The van der Waals surface area contributed by atoms with Crippen molar-refractivity contribution in [2.24, 2.45) is 4.99 Å². The normalized spacial score (nSPS) is 16.4. The number of guanidine groups is 1. The summed E-state index contributed by atoms with van der Waals surface area (Å²) in [4.78, 5) is 16.0. The number of hydrogen-bond donors (Lipinski definition) is 1. The van der Waals surface area contributed by atoms with Crippen molar-refractivity contribution in [1.29, 1.82) is 0 Å². The summed E-state index contributed by atoms with van der Waals surface area (Å²) >= 11 is 1.51. The van der Waals surface area contributed by atoms with Crippen LogP contribution in [0.3, 0.4) is 0 Å². The molecule has 0 aliphatic carbocycles. The van der Waals surface area contributed by atoms with E-state index in [0.717, 1.165) is 62.6 Å². The maximum atomic E-state index is 4.59. The van der Waals surface area contributed by atoms with Gasteiger partial charge in [0.25, 0.3) is 0 Å². The van der Waals surface area contributed by atoms with Crippen LogP contribution in [-0.2, 0) is 6.42 Å². The Bertz CT molecular complexity index is 520. The van der Waals surface area contributed by atoms with E-state index in [-0.39, 0.29) is 0 Å². The highest BCUT2D eigenvalue weighted by molar-refractivity contribution is 7.09. The van der Waals surface area contributed by atoms with Crippen molar-refractivity contribution in [2.45, 2.75) is 33.2 Å². The van der Waals surface area contributed by atoms with E-state index in [1.807, 2.05) is 7.05 Å². The number of likely N-dealkylation sites (N-methyl/N-ethyl adjacent to an activating group) is 1. The fraction of sp³-hybridized carbons (Fsp3) is 0.812. The minimum atomic E-state index is 0.567. The lowest BCUT2D eigenvalue weighted by molar-refractivity contribution is 0.275. The summed E-state index contributed by atoms with van der Waals surface area (Å²) in [6.45, 7) is 12.3. The van der Waals surface area contributed by atoms with Crippen LogP contribution in [0.15, 0.2) is 4.99 Å². The molecule has 1 saturated heterocycles. The molecule has 0 unspecified atom stereocenters. The molecule has 0 amide bonds. The van der Waals surface area contributed by atoms with Crippen LogP contribution in [0, 0.1) is 0 Å². The number of aliphatic imine (C=N–C) groups is 1. The molecule has 24 heavy (non-hydrogen) atoms. The number of nitrogens with zero attached hydrogens (tertiary/aromatic N) is 6. The molecule has 0 spiro atoms. The van der Waals surface area contributed by atoms with E-state index in [1.165, 1.54) is 11.5 Å². The smallest absolute Gasteiger partial charge is 0.205 e. The van der Waals surface area contributed by atoms with E-state index < -0.39 is 0 Å². The van der Waals surface area contributed by atoms with E-state index in [1.54, 1.807) is 0 Å². The largest absolute Gasteiger partial charge is 0.355 e. The van der Waals surface area contributed by atoms with E-state index >= 15 is 0 Å². The second-order valence-electron chi connectivity index (χ2n) is 6.37. The molecule has 8 heteroatoms. The molecule has 1 aliphatic heterocycles. The second-order valence-corrected chi connectivity index (χ2v) is 7.10. The van der Waals surface area contributed by atoms with Crippen LogP contribution in [0.25, 0.3) is 0 Å². The van der Waals surface area contributed by atoms with E-state index in [0.29, 0.717) is 6.04 Å². The lowest BCUT2D eigenvalue weighted by Crippen LogP contribution is -2.53. The Balaban J connectivity index is 1.79. The van der Waals surface area contributed by atoms with Gasteiger partial charge in [-0.15, -0.1) is 0 Å². The Morgan fingerprint density at radius 1 is 1.33 bits per heavy atom. The molecule has 0 bridgehead atoms.